The Morgan fingerprint density at radius 3 is 2.24 bits per heavy atom. The van der Waals surface area contributed by atoms with Crippen LogP contribution in [-0.4, -0.2) is 41.6 Å². The first-order chi connectivity index (χ1) is 8.20. The molecule has 1 N–H and O–H groups in total. The minimum Gasteiger partial charge on any atom is -0.319 e. The summed E-state index contributed by atoms with van der Waals surface area (Å²) in [6.45, 7) is 10.1. The number of likely N-dealkylation sites (N-methyl/N-ethyl adjacent to an activating group) is 1. The van der Waals surface area contributed by atoms with Gasteiger partial charge in [-0.25, -0.2) is 5.01 Å². The largest absolute Gasteiger partial charge is 0.319 e. The number of hydrogen-bond acceptors (Lipinski definition) is 3. The van der Waals surface area contributed by atoms with Gasteiger partial charge < -0.3 is 5.43 Å². The molecule has 0 unspecified atom stereocenters. The fourth-order valence-electron chi connectivity index (χ4n) is 2.77. The molecule has 0 spiro atoms. The van der Waals surface area contributed by atoms with Crippen molar-refractivity contribution in [3.63, 3.8) is 0 Å². The topological polar surface area (TPSA) is 18.5 Å². The van der Waals surface area contributed by atoms with E-state index in [0.717, 1.165) is 19.6 Å². The van der Waals surface area contributed by atoms with Crippen molar-refractivity contribution in [2.24, 2.45) is 0 Å². The Labute approximate surface area is 104 Å². The second-order valence-corrected chi connectivity index (χ2v) is 4.91. The van der Waals surface area contributed by atoms with Crippen molar-refractivity contribution < 1.29 is 0 Å². The summed E-state index contributed by atoms with van der Waals surface area (Å²) >= 11 is 0. The van der Waals surface area contributed by atoms with E-state index in [1.54, 1.807) is 0 Å². The van der Waals surface area contributed by atoms with Crippen molar-refractivity contribution in [2.45, 2.75) is 32.9 Å². The molecule has 1 saturated heterocycles. The van der Waals surface area contributed by atoms with Gasteiger partial charge in [-0.3, -0.25) is 4.90 Å². The molecule has 2 atom stereocenters. The normalized spacial score (nSPS) is 27.0. The Bertz CT molecular complexity index is 327. The van der Waals surface area contributed by atoms with E-state index >= 15 is 0 Å². The van der Waals surface area contributed by atoms with Gasteiger partial charge in [0.25, 0.3) is 0 Å². The van der Waals surface area contributed by atoms with Crippen molar-refractivity contribution >= 4 is 5.69 Å². The van der Waals surface area contributed by atoms with E-state index in [0.29, 0.717) is 12.1 Å². The van der Waals surface area contributed by atoms with Crippen LogP contribution in [0.1, 0.15) is 20.8 Å². The molecular weight excluding hydrogens is 210 g/mol. The first-order valence-electron chi connectivity index (χ1n) is 6.53. The molecule has 94 valence electrons. The molecular formula is C14H23N3. The van der Waals surface area contributed by atoms with Crippen molar-refractivity contribution in [2.75, 3.05) is 25.1 Å². The molecule has 3 nitrogen and oxygen atoms in total. The molecule has 0 bridgehead atoms. The van der Waals surface area contributed by atoms with Gasteiger partial charge >= 0.3 is 0 Å². The van der Waals surface area contributed by atoms with E-state index in [1.165, 1.54) is 5.69 Å². The van der Waals surface area contributed by atoms with Gasteiger partial charge in [0, 0.05) is 30.9 Å². The highest BCUT2D eigenvalue weighted by molar-refractivity contribution is 5.41. The molecule has 0 aliphatic carbocycles. The fraction of sp³-hybridized carbons (Fsp3) is 0.571. The second-order valence-electron chi connectivity index (χ2n) is 4.91. The quantitative estimate of drug-likeness (QED) is 0.865. The highest BCUT2D eigenvalue weighted by atomic mass is 15.5. The van der Waals surface area contributed by atoms with Crippen LogP contribution in [0.5, 0.6) is 0 Å². The van der Waals surface area contributed by atoms with Gasteiger partial charge in [-0.1, -0.05) is 25.1 Å². The third kappa shape index (κ3) is 2.99. The molecule has 0 radical (unpaired) electrons. The Morgan fingerprint density at radius 2 is 1.71 bits per heavy atom. The molecule has 1 fully saturated rings. The minimum absolute atomic E-state index is 0.611. The van der Waals surface area contributed by atoms with Crippen LogP contribution in [0.25, 0.3) is 0 Å². The zero-order valence-corrected chi connectivity index (χ0v) is 11.1. The van der Waals surface area contributed by atoms with E-state index in [1.807, 2.05) is 6.07 Å². The van der Waals surface area contributed by atoms with Gasteiger partial charge in [-0.05, 0) is 32.5 Å². The minimum atomic E-state index is 0.611. The summed E-state index contributed by atoms with van der Waals surface area (Å²) in [5, 5.41) is 2.33. The van der Waals surface area contributed by atoms with Crippen LogP contribution in [0.2, 0.25) is 0 Å². The smallest absolute Gasteiger partial charge is 0.0490 e. The van der Waals surface area contributed by atoms with Gasteiger partial charge in [0.1, 0.15) is 0 Å². The summed E-state index contributed by atoms with van der Waals surface area (Å²) in [6.07, 6.45) is 0. The Balaban J connectivity index is 1.96. The molecule has 1 aromatic rings. The molecule has 0 aromatic heterocycles. The molecule has 1 aliphatic rings. The second kappa shape index (κ2) is 5.52. The van der Waals surface area contributed by atoms with Crippen molar-refractivity contribution in [1.29, 1.82) is 0 Å². The molecule has 0 saturated carbocycles. The number of para-hydroxylation sites is 1. The highest BCUT2D eigenvalue weighted by Crippen LogP contribution is 2.16. The Morgan fingerprint density at radius 1 is 1.12 bits per heavy atom. The average molecular weight is 233 g/mol. The Kier molecular flexibility index (Phi) is 4.02. The third-order valence-electron chi connectivity index (χ3n) is 3.53. The molecule has 0 amide bonds. The lowest BCUT2D eigenvalue weighted by atomic mass is 10.1. The zero-order valence-electron chi connectivity index (χ0n) is 11.1. The number of rotatable bonds is 3. The van der Waals surface area contributed by atoms with Crippen LogP contribution in [0.15, 0.2) is 30.3 Å². The van der Waals surface area contributed by atoms with Gasteiger partial charge in [0.2, 0.25) is 0 Å². The monoisotopic (exact) mass is 233 g/mol. The maximum atomic E-state index is 3.49. The van der Waals surface area contributed by atoms with E-state index in [2.05, 4.69) is 60.4 Å². The Hall–Kier alpha value is -1.06. The zero-order chi connectivity index (χ0) is 12.3. The van der Waals surface area contributed by atoms with Gasteiger partial charge in [-0.15, -0.1) is 0 Å². The lowest BCUT2D eigenvalue weighted by Gasteiger charge is -2.44. The maximum Gasteiger partial charge on any atom is 0.0490 e. The van der Waals surface area contributed by atoms with Crippen LogP contribution < -0.4 is 5.43 Å². The number of nitrogens with zero attached hydrogens (tertiary/aromatic N) is 2. The van der Waals surface area contributed by atoms with E-state index in [-0.39, 0.29) is 0 Å². The van der Waals surface area contributed by atoms with Crippen molar-refractivity contribution in [3.8, 4) is 0 Å². The van der Waals surface area contributed by atoms with Crippen LogP contribution in [0.4, 0.5) is 5.69 Å². The van der Waals surface area contributed by atoms with Crippen molar-refractivity contribution in [3.05, 3.63) is 30.3 Å². The summed E-state index contributed by atoms with van der Waals surface area (Å²) in [5.74, 6) is 0. The number of nitrogens with one attached hydrogen (secondary N) is 1. The van der Waals surface area contributed by atoms with Crippen LogP contribution in [0.3, 0.4) is 0 Å². The standard InChI is InChI=1S/C14H23N3/c1-4-17-12(2)10-16(11-13(17)3)15-14-8-6-5-7-9-14/h5-9,12-13,15H,4,10-11H2,1-3H3/t12-,13+. The molecule has 2 rings (SSSR count). The SMILES string of the molecule is CCN1[C@H](C)CN(Nc2ccccc2)C[C@@H]1C. The van der Waals surface area contributed by atoms with E-state index in [9.17, 15) is 0 Å². The summed E-state index contributed by atoms with van der Waals surface area (Å²) in [7, 11) is 0. The molecule has 1 heterocycles. The number of hydrazine groups is 1. The third-order valence-corrected chi connectivity index (χ3v) is 3.53. The lowest BCUT2D eigenvalue weighted by Crippen LogP contribution is -2.57. The van der Waals surface area contributed by atoms with Crippen LogP contribution in [-0.2, 0) is 0 Å². The van der Waals surface area contributed by atoms with E-state index < -0.39 is 0 Å². The predicted molar refractivity (Wildman–Crippen MR) is 72.9 cm³/mol. The summed E-state index contributed by atoms with van der Waals surface area (Å²) in [6, 6.07) is 11.6. The van der Waals surface area contributed by atoms with Crippen molar-refractivity contribution in [1.82, 2.24) is 9.91 Å². The lowest BCUT2D eigenvalue weighted by molar-refractivity contribution is 0.0565. The van der Waals surface area contributed by atoms with Gasteiger partial charge in [0.05, 0.1) is 0 Å². The van der Waals surface area contributed by atoms with Gasteiger partial charge in [0.15, 0.2) is 0 Å². The molecule has 17 heavy (non-hydrogen) atoms. The fourth-order valence-corrected chi connectivity index (χ4v) is 2.77. The van der Waals surface area contributed by atoms with Crippen LogP contribution in [0, 0.1) is 0 Å². The number of piperazine rings is 1. The predicted octanol–water partition coefficient (Wildman–Crippen LogP) is 2.43. The molecule has 1 aromatic carbocycles. The highest BCUT2D eigenvalue weighted by Gasteiger charge is 2.27. The average Bonchev–Trinajstić information content (AvgIpc) is 2.30. The molecule has 3 heteroatoms. The number of hydrogen-bond donors (Lipinski definition) is 1. The van der Waals surface area contributed by atoms with Crippen LogP contribution >= 0.6 is 0 Å². The summed E-state index contributed by atoms with van der Waals surface area (Å²) in [5.41, 5.74) is 4.67. The first kappa shape index (κ1) is 12.4. The first-order valence-corrected chi connectivity index (χ1v) is 6.53. The van der Waals surface area contributed by atoms with E-state index in [4.69, 9.17) is 0 Å². The summed E-state index contributed by atoms with van der Waals surface area (Å²) < 4.78 is 0. The molecule has 1 aliphatic heterocycles. The maximum absolute atomic E-state index is 3.49. The summed E-state index contributed by atoms with van der Waals surface area (Å²) in [4.78, 5) is 2.56. The number of anilines is 1. The van der Waals surface area contributed by atoms with Gasteiger partial charge in [-0.2, -0.15) is 0 Å². The number of benzene rings is 1.